The standard InChI is InChI=1S/C14H16N4O4S/c19-18(20)11-3-4-12-13(6-11)16-8-14(17-12)23(21,22)9-10-2-1-5-15-7-10/h3-4,6,8,10,15H,1-2,5,7,9H2/t10-/m1/s1. The Labute approximate surface area is 133 Å². The van der Waals surface area contributed by atoms with Gasteiger partial charge in [0.05, 0.1) is 27.9 Å². The van der Waals surface area contributed by atoms with Gasteiger partial charge in [0.2, 0.25) is 0 Å². The number of sulfone groups is 1. The first-order valence-corrected chi connectivity index (χ1v) is 8.95. The molecular weight excluding hydrogens is 320 g/mol. The lowest BCUT2D eigenvalue weighted by Crippen LogP contribution is -2.34. The van der Waals surface area contributed by atoms with E-state index >= 15 is 0 Å². The fourth-order valence-corrected chi connectivity index (χ4v) is 4.23. The number of nitro benzene ring substituents is 1. The number of aromatic nitrogens is 2. The minimum Gasteiger partial charge on any atom is -0.316 e. The van der Waals surface area contributed by atoms with Crippen LogP contribution in [0, 0.1) is 16.0 Å². The normalized spacial score (nSPS) is 18.9. The van der Waals surface area contributed by atoms with Crippen LogP contribution in [0.1, 0.15) is 12.8 Å². The van der Waals surface area contributed by atoms with Gasteiger partial charge >= 0.3 is 0 Å². The number of nitro groups is 1. The molecule has 1 aliphatic rings. The van der Waals surface area contributed by atoms with Crippen LogP contribution in [0.15, 0.2) is 29.4 Å². The second kappa shape index (κ2) is 6.17. The van der Waals surface area contributed by atoms with Gasteiger partial charge in [0.1, 0.15) is 0 Å². The Morgan fingerprint density at radius 2 is 2.17 bits per heavy atom. The molecule has 0 bridgehead atoms. The SMILES string of the molecule is O=[N+]([O-])c1ccc2nc(S(=O)(=O)C[C@@H]3CCCNC3)cnc2c1. The van der Waals surface area contributed by atoms with Crippen LogP contribution < -0.4 is 5.32 Å². The molecule has 1 saturated heterocycles. The lowest BCUT2D eigenvalue weighted by atomic mass is 10.0. The molecule has 1 fully saturated rings. The minimum atomic E-state index is -3.53. The van der Waals surface area contributed by atoms with Gasteiger partial charge in [-0.1, -0.05) is 0 Å². The van der Waals surface area contributed by atoms with E-state index in [-0.39, 0.29) is 22.4 Å². The summed E-state index contributed by atoms with van der Waals surface area (Å²) in [6, 6.07) is 3.99. The van der Waals surface area contributed by atoms with E-state index in [0.717, 1.165) is 19.4 Å². The third kappa shape index (κ3) is 3.45. The number of rotatable bonds is 4. The molecule has 0 aliphatic carbocycles. The summed E-state index contributed by atoms with van der Waals surface area (Å²) in [5.41, 5.74) is 0.534. The number of nitrogens with zero attached hydrogens (tertiary/aromatic N) is 3. The summed E-state index contributed by atoms with van der Waals surface area (Å²) < 4.78 is 25.0. The van der Waals surface area contributed by atoms with Gasteiger partial charge in [-0.15, -0.1) is 0 Å². The van der Waals surface area contributed by atoms with E-state index in [2.05, 4.69) is 15.3 Å². The Balaban J connectivity index is 1.89. The Morgan fingerprint density at radius 1 is 1.35 bits per heavy atom. The number of nitrogens with one attached hydrogen (secondary N) is 1. The van der Waals surface area contributed by atoms with Gasteiger partial charge in [-0.25, -0.2) is 13.4 Å². The highest BCUT2D eigenvalue weighted by Gasteiger charge is 2.24. The zero-order valence-corrected chi connectivity index (χ0v) is 13.1. The number of non-ortho nitro benzene ring substituents is 1. The molecule has 1 aromatic heterocycles. The van der Waals surface area contributed by atoms with Crippen molar-refractivity contribution in [2.45, 2.75) is 17.9 Å². The first-order valence-electron chi connectivity index (χ1n) is 7.30. The maximum absolute atomic E-state index is 12.5. The maximum atomic E-state index is 12.5. The summed E-state index contributed by atoms with van der Waals surface area (Å²) >= 11 is 0. The summed E-state index contributed by atoms with van der Waals surface area (Å²) in [6.07, 6.45) is 3.02. The van der Waals surface area contributed by atoms with Gasteiger partial charge in [0.25, 0.3) is 5.69 Å². The molecule has 122 valence electrons. The molecule has 2 heterocycles. The predicted molar refractivity (Wildman–Crippen MR) is 83.8 cm³/mol. The zero-order chi connectivity index (χ0) is 16.4. The van der Waals surface area contributed by atoms with E-state index in [9.17, 15) is 18.5 Å². The second-order valence-electron chi connectivity index (χ2n) is 5.63. The molecule has 9 heteroatoms. The Morgan fingerprint density at radius 3 is 2.87 bits per heavy atom. The molecular formula is C14H16N4O4S. The average molecular weight is 336 g/mol. The van der Waals surface area contributed by atoms with Crippen molar-refractivity contribution in [2.75, 3.05) is 18.8 Å². The van der Waals surface area contributed by atoms with Crippen molar-refractivity contribution in [2.24, 2.45) is 5.92 Å². The fourth-order valence-electron chi connectivity index (χ4n) is 2.71. The molecule has 0 amide bonds. The Kier molecular flexibility index (Phi) is 4.22. The first-order chi connectivity index (χ1) is 11.0. The van der Waals surface area contributed by atoms with Crippen molar-refractivity contribution in [3.8, 4) is 0 Å². The molecule has 0 unspecified atom stereocenters. The number of piperidine rings is 1. The molecule has 1 aromatic carbocycles. The van der Waals surface area contributed by atoms with Gasteiger partial charge < -0.3 is 5.32 Å². The van der Waals surface area contributed by atoms with E-state index in [1.807, 2.05) is 0 Å². The third-order valence-electron chi connectivity index (χ3n) is 3.89. The first kappa shape index (κ1) is 15.8. The van der Waals surface area contributed by atoms with Crippen LogP contribution in [0.3, 0.4) is 0 Å². The molecule has 8 nitrogen and oxygen atoms in total. The minimum absolute atomic E-state index is 0.0349. The van der Waals surface area contributed by atoms with Gasteiger partial charge in [-0.3, -0.25) is 15.1 Å². The van der Waals surface area contributed by atoms with E-state index < -0.39 is 14.8 Å². The highest BCUT2D eigenvalue weighted by molar-refractivity contribution is 7.91. The van der Waals surface area contributed by atoms with Gasteiger partial charge in [0.15, 0.2) is 14.9 Å². The van der Waals surface area contributed by atoms with Gasteiger partial charge in [-0.2, -0.15) is 0 Å². The largest absolute Gasteiger partial charge is 0.316 e. The van der Waals surface area contributed by atoms with Crippen LogP contribution in [-0.2, 0) is 9.84 Å². The molecule has 2 aromatic rings. The number of benzene rings is 1. The summed E-state index contributed by atoms with van der Waals surface area (Å²) in [4.78, 5) is 18.4. The number of hydrogen-bond acceptors (Lipinski definition) is 7. The van der Waals surface area contributed by atoms with Gasteiger partial charge in [-0.05, 0) is 37.9 Å². The molecule has 0 saturated carbocycles. The summed E-state index contributed by atoms with van der Waals surface area (Å²) in [5.74, 6) is 0.107. The summed E-state index contributed by atoms with van der Waals surface area (Å²) in [5, 5.41) is 13.9. The summed E-state index contributed by atoms with van der Waals surface area (Å²) in [6.45, 7) is 1.61. The van der Waals surface area contributed by atoms with Crippen LogP contribution in [0.5, 0.6) is 0 Å². The van der Waals surface area contributed by atoms with Crippen molar-refractivity contribution in [3.63, 3.8) is 0 Å². The van der Waals surface area contributed by atoms with Crippen molar-refractivity contribution in [3.05, 3.63) is 34.5 Å². The van der Waals surface area contributed by atoms with Crippen LogP contribution in [0.4, 0.5) is 5.69 Å². The van der Waals surface area contributed by atoms with Crippen molar-refractivity contribution < 1.29 is 13.3 Å². The van der Waals surface area contributed by atoms with E-state index in [1.54, 1.807) is 0 Å². The Bertz CT molecular complexity index is 847. The topological polar surface area (TPSA) is 115 Å². The monoisotopic (exact) mass is 336 g/mol. The lowest BCUT2D eigenvalue weighted by molar-refractivity contribution is -0.384. The summed E-state index contributed by atoms with van der Waals surface area (Å²) in [7, 11) is -3.53. The molecule has 0 spiro atoms. The number of fused-ring (bicyclic) bond motifs is 1. The number of hydrogen-bond donors (Lipinski definition) is 1. The van der Waals surface area contributed by atoms with Crippen molar-refractivity contribution in [1.29, 1.82) is 0 Å². The molecule has 1 aliphatic heterocycles. The highest BCUT2D eigenvalue weighted by Crippen LogP contribution is 2.21. The third-order valence-corrected chi connectivity index (χ3v) is 5.63. The molecule has 23 heavy (non-hydrogen) atoms. The Hall–Kier alpha value is -2.13. The molecule has 3 rings (SSSR count). The van der Waals surface area contributed by atoms with Crippen LogP contribution in [0.2, 0.25) is 0 Å². The predicted octanol–water partition coefficient (Wildman–Crippen LogP) is 1.31. The maximum Gasteiger partial charge on any atom is 0.271 e. The van der Waals surface area contributed by atoms with Gasteiger partial charge in [0, 0.05) is 12.1 Å². The lowest BCUT2D eigenvalue weighted by Gasteiger charge is -2.22. The van der Waals surface area contributed by atoms with E-state index in [0.29, 0.717) is 17.6 Å². The van der Waals surface area contributed by atoms with Crippen LogP contribution >= 0.6 is 0 Å². The zero-order valence-electron chi connectivity index (χ0n) is 12.3. The smallest absolute Gasteiger partial charge is 0.271 e. The second-order valence-corrected chi connectivity index (χ2v) is 7.61. The molecule has 0 radical (unpaired) electrons. The quantitative estimate of drug-likeness (QED) is 0.661. The highest BCUT2D eigenvalue weighted by atomic mass is 32.2. The molecule has 1 N–H and O–H groups in total. The van der Waals surface area contributed by atoms with E-state index in [1.165, 1.54) is 24.4 Å². The van der Waals surface area contributed by atoms with Crippen LogP contribution in [-0.4, -0.2) is 42.2 Å². The molecule has 1 atom stereocenters. The average Bonchev–Trinajstić information content (AvgIpc) is 2.54. The van der Waals surface area contributed by atoms with Crippen molar-refractivity contribution in [1.82, 2.24) is 15.3 Å². The van der Waals surface area contributed by atoms with Crippen molar-refractivity contribution >= 4 is 26.6 Å². The van der Waals surface area contributed by atoms with E-state index in [4.69, 9.17) is 0 Å². The van der Waals surface area contributed by atoms with Crippen LogP contribution in [0.25, 0.3) is 11.0 Å². The fraction of sp³-hybridized carbons (Fsp3) is 0.429.